The molecule has 9 heteroatoms. The topological polar surface area (TPSA) is 153 Å². The van der Waals surface area contributed by atoms with Crippen molar-refractivity contribution in [1.82, 2.24) is 24.5 Å². The number of nitrogens with one attached hydrogen (secondary N) is 1. The Kier molecular flexibility index (Phi) is 4.52. The zero-order valence-corrected chi connectivity index (χ0v) is 16.7. The Morgan fingerprint density at radius 3 is 2.38 bits per heavy atom. The highest BCUT2D eigenvalue weighted by atomic mass is 16.3. The number of benzene rings is 2. The number of aliphatic hydroxyl groups excluding tert-OH is 1. The summed E-state index contributed by atoms with van der Waals surface area (Å²) in [6.45, 7) is 0.0814. The number of nitriles is 2. The van der Waals surface area contributed by atoms with E-state index in [4.69, 9.17) is 5.73 Å². The van der Waals surface area contributed by atoms with E-state index in [1.165, 1.54) is 0 Å². The summed E-state index contributed by atoms with van der Waals surface area (Å²) in [6.07, 6.45) is -0.874. The van der Waals surface area contributed by atoms with E-state index in [0.29, 0.717) is 28.1 Å². The maximum atomic E-state index is 10.8. The average Bonchev–Trinajstić information content (AvgIpc) is 3.36. The van der Waals surface area contributed by atoms with Crippen LogP contribution in [0.2, 0.25) is 0 Å². The van der Waals surface area contributed by atoms with Crippen molar-refractivity contribution < 1.29 is 5.11 Å². The molecular weight excluding hydrogens is 404 g/mol. The number of rotatable bonds is 4. The third kappa shape index (κ3) is 3.01. The Bertz CT molecular complexity index is 1520. The Balaban J connectivity index is 1.75. The number of hydrogen-bond donors (Lipinski definition) is 3. The number of anilines is 1. The normalized spacial score (nSPS) is 12.0. The number of aromatic amines is 1. The van der Waals surface area contributed by atoms with Crippen LogP contribution in [0.25, 0.3) is 33.6 Å². The molecule has 0 saturated carbocycles. The van der Waals surface area contributed by atoms with Gasteiger partial charge in [0.25, 0.3) is 0 Å². The minimum atomic E-state index is -0.874. The lowest BCUT2D eigenvalue weighted by Crippen LogP contribution is -2.12. The molecule has 0 aliphatic rings. The molecular formula is C23H16N8O. The first kappa shape index (κ1) is 19.2. The number of nitrogen functional groups attached to an aromatic ring is 1. The number of aromatic nitrogens is 5. The quantitative estimate of drug-likeness (QED) is 0.404. The maximum Gasteiger partial charge on any atom is 0.179 e. The standard InChI is InChI=1S/C23H16N8O/c24-10-16-17(11-25)30-23-20(27-16)19(22-28-14-8-4-5-9-15(14)29-22)21(26)31(23)12-18(32)13-6-2-1-3-7-13/h1-9,18,32H,12,26H2,(H,28,29). The molecule has 32 heavy (non-hydrogen) atoms. The van der Waals surface area contributed by atoms with Gasteiger partial charge in [0.2, 0.25) is 0 Å². The second-order valence-electron chi connectivity index (χ2n) is 7.22. The number of fused-ring (bicyclic) bond motifs is 2. The van der Waals surface area contributed by atoms with Gasteiger partial charge in [-0.2, -0.15) is 10.5 Å². The van der Waals surface area contributed by atoms with Crippen molar-refractivity contribution in [2.45, 2.75) is 12.6 Å². The molecule has 4 N–H and O–H groups in total. The maximum absolute atomic E-state index is 10.8. The SMILES string of the molecule is N#Cc1nc2c(-c3nc4ccccc4[nH]3)c(N)n(CC(O)c3ccccc3)c2nc1C#N. The average molecular weight is 420 g/mol. The number of imidazole rings is 1. The summed E-state index contributed by atoms with van der Waals surface area (Å²) in [7, 11) is 0. The summed E-state index contributed by atoms with van der Waals surface area (Å²) < 4.78 is 1.60. The number of hydrogen-bond acceptors (Lipinski definition) is 7. The van der Waals surface area contributed by atoms with Crippen LogP contribution in [0.3, 0.4) is 0 Å². The number of H-pyrrole nitrogens is 1. The van der Waals surface area contributed by atoms with Crippen molar-refractivity contribution in [2.24, 2.45) is 0 Å². The number of nitrogens with two attached hydrogens (primary N) is 1. The molecule has 5 rings (SSSR count). The van der Waals surface area contributed by atoms with Gasteiger partial charge in [-0.3, -0.25) is 0 Å². The van der Waals surface area contributed by atoms with Gasteiger partial charge in [-0.1, -0.05) is 42.5 Å². The molecule has 3 aromatic heterocycles. The molecule has 154 valence electrons. The Morgan fingerprint density at radius 1 is 0.969 bits per heavy atom. The first-order valence-electron chi connectivity index (χ1n) is 9.78. The second kappa shape index (κ2) is 7.51. The number of aliphatic hydroxyl groups is 1. The molecule has 1 unspecified atom stereocenters. The fraction of sp³-hybridized carbons (Fsp3) is 0.0870. The molecule has 1 atom stereocenters. The van der Waals surface area contributed by atoms with Crippen molar-refractivity contribution >= 4 is 28.0 Å². The van der Waals surface area contributed by atoms with Crippen LogP contribution in [-0.4, -0.2) is 29.6 Å². The summed E-state index contributed by atoms with van der Waals surface area (Å²) in [5, 5.41) is 29.7. The highest BCUT2D eigenvalue weighted by molar-refractivity contribution is 5.98. The van der Waals surface area contributed by atoms with Gasteiger partial charge in [-0.15, -0.1) is 0 Å². The van der Waals surface area contributed by atoms with Gasteiger partial charge in [0.1, 0.15) is 29.3 Å². The zero-order chi connectivity index (χ0) is 22.2. The van der Waals surface area contributed by atoms with Crippen LogP contribution in [0, 0.1) is 22.7 Å². The van der Waals surface area contributed by atoms with E-state index in [-0.39, 0.29) is 23.8 Å². The van der Waals surface area contributed by atoms with E-state index in [1.54, 1.807) is 4.57 Å². The smallest absolute Gasteiger partial charge is 0.179 e. The van der Waals surface area contributed by atoms with Crippen LogP contribution in [0.5, 0.6) is 0 Å². The monoisotopic (exact) mass is 420 g/mol. The summed E-state index contributed by atoms with van der Waals surface area (Å²) in [4.78, 5) is 16.6. The second-order valence-corrected chi connectivity index (χ2v) is 7.22. The molecule has 0 saturated heterocycles. The largest absolute Gasteiger partial charge is 0.387 e. The molecule has 0 aliphatic heterocycles. The van der Waals surface area contributed by atoms with Crippen molar-refractivity contribution in [3.05, 3.63) is 71.5 Å². The highest BCUT2D eigenvalue weighted by Crippen LogP contribution is 2.36. The molecule has 9 nitrogen and oxygen atoms in total. The predicted molar refractivity (Wildman–Crippen MR) is 118 cm³/mol. The molecule has 0 amide bonds. The van der Waals surface area contributed by atoms with Crippen molar-refractivity contribution in [3.8, 4) is 23.5 Å². The molecule has 5 aromatic rings. The Morgan fingerprint density at radius 2 is 1.66 bits per heavy atom. The van der Waals surface area contributed by atoms with Gasteiger partial charge in [0.05, 0.1) is 29.2 Å². The molecule has 0 fully saturated rings. The van der Waals surface area contributed by atoms with Gasteiger partial charge in [-0.05, 0) is 17.7 Å². The molecule has 0 bridgehead atoms. The first-order valence-corrected chi connectivity index (χ1v) is 9.78. The van der Waals surface area contributed by atoms with Crippen LogP contribution in [0.1, 0.15) is 23.1 Å². The van der Waals surface area contributed by atoms with Gasteiger partial charge >= 0.3 is 0 Å². The van der Waals surface area contributed by atoms with Crippen LogP contribution < -0.4 is 5.73 Å². The fourth-order valence-corrected chi connectivity index (χ4v) is 3.75. The van der Waals surface area contributed by atoms with Crippen LogP contribution in [0.15, 0.2) is 54.6 Å². The predicted octanol–water partition coefficient (Wildman–Crippen LogP) is 3.03. The van der Waals surface area contributed by atoms with E-state index in [2.05, 4.69) is 19.9 Å². The first-order chi connectivity index (χ1) is 15.6. The minimum absolute atomic E-state index is 0.0814. The zero-order valence-electron chi connectivity index (χ0n) is 16.7. The van der Waals surface area contributed by atoms with Gasteiger partial charge < -0.3 is 20.4 Å². The van der Waals surface area contributed by atoms with Crippen molar-refractivity contribution in [3.63, 3.8) is 0 Å². The van der Waals surface area contributed by atoms with Gasteiger partial charge in [0.15, 0.2) is 17.0 Å². The highest BCUT2D eigenvalue weighted by Gasteiger charge is 2.25. The lowest BCUT2D eigenvalue weighted by Gasteiger charge is -2.14. The summed E-state index contributed by atoms with van der Waals surface area (Å²) in [5.74, 6) is 0.734. The molecule has 0 radical (unpaired) electrons. The molecule has 0 aliphatic carbocycles. The van der Waals surface area contributed by atoms with E-state index >= 15 is 0 Å². The summed E-state index contributed by atoms with van der Waals surface area (Å²) in [6, 6.07) is 20.5. The summed E-state index contributed by atoms with van der Waals surface area (Å²) >= 11 is 0. The van der Waals surface area contributed by atoms with E-state index in [9.17, 15) is 15.6 Å². The minimum Gasteiger partial charge on any atom is -0.387 e. The fourth-order valence-electron chi connectivity index (χ4n) is 3.75. The van der Waals surface area contributed by atoms with E-state index in [1.807, 2.05) is 66.7 Å². The van der Waals surface area contributed by atoms with E-state index in [0.717, 1.165) is 11.0 Å². The van der Waals surface area contributed by atoms with Crippen LogP contribution in [-0.2, 0) is 6.54 Å². The Labute approximate surface area is 182 Å². The molecule has 2 aromatic carbocycles. The lowest BCUT2D eigenvalue weighted by molar-refractivity contribution is 0.158. The van der Waals surface area contributed by atoms with Crippen LogP contribution in [0.4, 0.5) is 5.82 Å². The number of nitrogens with zero attached hydrogens (tertiary/aromatic N) is 6. The lowest BCUT2D eigenvalue weighted by atomic mass is 10.1. The van der Waals surface area contributed by atoms with Crippen LogP contribution >= 0.6 is 0 Å². The third-order valence-electron chi connectivity index (χ3n) is 5.29. The van der Waals surface area contributed by atoms with Gasteiger partial charge in [-0.25, -0.2) is 15.0 Å². The Hall–Kier alpha value is -4.73. The summed E-state index contributed by atoms with van der Waals surface area (Å²) in [5.41, 5.74) is 9.68. The van der Waals surface area contributed by atoms with Gasteiger partial charge in [0, 0.05) is 0 Å². The molecule has 3 heterocycles. The third-order valence-corrected chi connectivity index (χ3v) is 5.29. The van der Waals surface area contributed by atoms with Crippen molar-refractivity contribution in [1.29, 1.82) is 10.5 Å². The van der Waals surface area contributed by atoms with Crippen molar-refractivity contribution in [2.75, 3.05) is 5.73 Å². The van der Waals surface area contributed by atoms with E-state index < -0.39 is 6.10 Å². The number of para-hydroxylation sites is 2. The molecule has 0 spiro atoms.